The number of imidazole rings is 1. The van der Waals surface area contributed by atoms with Crippen molar-refractivity contribution in [2.45, 2.75) is 13.8 Å². The molecule has 0 atom stereocenters. The molecule has 1 rings (SSSR count). The van der Waals surface area contributed by atoms with Crippen molar-refractivity contribution in [3.8, 4) is 0 Å². The number of hydrogen-bond donors (Lipinski definition) is 0. The van der Waals surface area contributed by atoms with Crippen molar-refractivity contribution in [2.75, 3.05) is 0 Å². The van der Waals surface area contributed by atoms with Crippen LogP contribution in [-0.2, 0) is 7.05 Å². The lowest BCUT2D eigenvalue weighted by Gasteiger charge is -1.94. The molecular formula is C8H11N3O2. The zero-order chi connectivity index (χ0) is 10.0. The Balaban J connectivity index is 3.14. The Labute approximate surface area is 75.9 Å². The van der Waals surface area contributed by atoms with E-state index in [-0.39, 0.29) is 5.82 Å². The SMILES string of the molecule is CC(C)=Cc1ncc([N+](=O)[O-])n1C. The molecule has 0 aromatic carbocycles. The van der Waals surface area contributed by atoms with Crippen LogP contribution >= 0.6 is 0 Å². The van der Waals surface area contributed by atoms with Gasteiger partial charge in [0.05, 0.1) is 7.05 Å². The molecule has 0 N–H and O–H groups in total. The number of aromatic nitrogens is 2. The summed E-state index contributed by atoms with van der Waals surface area (Å²) in [4.78, 5) is 13.9. The minimum Gasteiger partial charge on any atom is -0.358 e. The van der Waals surface area contributed by atoms with Gasteiger partial charge in [0.25, 0.3) is 0 Å². The van der Waals surface area contributed by atoms with Crippen molar-refractivity contribution in [3.05, 3.63) is 27.7 Å². The maximum absolute atomic E-state index is 10.4. The number of hydrogen-bond acceptors (Lipinski definition) is 3. The predicted octanol–water partition coefficient (Wildman–Crippen LogP) is 1.75. The summed E-state index contributed by atoms with van der Waals surface area (Å²) < 4.78 is 1.45. The normalized spacial score (nSPS) is 9.77. The third kappa shape index (κ3) is 1.93. The third-order valence-corrected chi connectivity index (χ3v) is 1.60. The highest BCUT2D eigenvalue weighted by atomic mass is 16.6. The predicted molar refractivity (Wildman–Crippen MR) is 49.2 cm³/mol. The second-order valence-electron chi connectivity index (χ2n) is 3.01. The zero-order valence-electron chi connectivity index (χ0n) is 7.81. The quantitative estimate of drug-likeness (QED) is 0.515. The van der Waals surface area contributed by atoms with E-state index in [1.165, 1.54) is 10.8 Å². The summed E-state index contributed by atoms with van der Waals surface area (Å²) >= 11 is 0. The number of allylic oxidation sites excluding steroid dienone is 1. The molecule has 0 aliphatic carbocycles. The summed E-state index contributed by atoms with van der Waals surface area (Å²) in [6.45, 7) is 3.83. The first kappa shape index (κ1) is 9.44. The van der Waals surface area contributed by atoms with E-state index in [4.69, 9.17) is 0 Å². The second-order valence-corrected chi connectivity index (χ2v) is 3.01. The zero-order valence-corrected chi connectivity index (χ0v) is 7.81. The fourth-order valence-electron chi connectivity index (χ4n) is 0.976. The molecule has 1 aromatic rings. The van der Waals surface area contributed by atoms with Crippen LogP contribution in [0.15, 0.2) is 11.8 Å². The average Bonchev–Trinajstić information content (AvgIpc) is 2.32. The molecule has 5 heteroatoms. The van der Waals surface area contributed by atoms with E-state index in [0.29, 0.717) is 5.82 Å². The van der Waals surface area contributed by atoms with E-state index in [1.807, 2.05) is 13.8 Å². The van der Waals surface area contributed by atoms with Crippen LogP contribution < -0.4 is 0 Å². The number of nitrogens with zero attached hydrogens (tertiary/aromatic N) is 3. The fourth-order valence-corrected chi connectivity index (χ4v) is 0.976. The Morgan fingerprint density at radius 1 is 1.69 bits per heavy atom. The maximum Gasteiger partial charge on any atom is 0.342 e. The van der Waals surface area contributed by atoms with E-state index in [9.17, 15) is 10.1 Å². The summed E-state index contributed by atoms with van der Waals surface area (Å²) in [7, 11) is 1.62. The molecule has 5 nitrogen and oxygen atoms in total. The third-order valence-electron chi connectivity index (χ3n) is 1.60. The highest BCUT2D eigenvalue weighted by molar-refractivity contribution is 5.46. The molecule has 0 spiro atoms. The molecule has 0 bridgehead atoms. The van der Waals surface area contributed by atoms with Gasteiger partial charge in [0.15, 0.2) is 0 Å². The summed E-state index contributed by atoms with van der Waals surface area (Å²) in [5.74, 6) is 0.610. The standard InChI is InChI=1S/C8H11N3O2/c1-6(2)4-7-9-5-8(10(7)3)11(12)13/h4-5H,1-3H3. The molecule has 0 unspecified atom stereocenters. The molecule has 0 aliphatic rings. The second kappa shape index (κ2) is 3.38. The molecule has 0 aliphatic heterocycles. The molecular weight excluding hydrogens is 170 g/mol. The van der Waals surface area contributed by atoms with Gasteiger partial charge in [-0.15, -0.1) is 0 Å². The highest BCUT2D eigenvalue weighted by Crippen LogP contribution is 2.13. The van der Waals surface area contributed by atoms with Gasteiger partial charge in [-0.1, -0.05) is 5.57 Å². The van der Waals surface area contributed by atoms with Crippen LogP contribution in [0.5, 0.6) is 0 Å². The number of nitro groups is 1. The first-order chi connectivity index (χ1) is 6.02. The van der Waals surface area contributed by atoms with Gasteiger partial charge in [0.1, 0.15) is 6.20 Å². The van der Waals surface area contributed by atoms with Crippen LogP contribution in [0.4, 0.5) is 5.82 Å². The lowest BCUT2D eigenvalue weighted by molar-refractivity contribution is -0.391. The van der Waals surface area contributed by atoms with E-state index < -0.39 is 4.92 Å². The van der Waals surface area contributed by atoms with Crippen LogP contribution in [0.1, 0.15) is 19.7 Å². The van der Waals surface area contributed by atoms with Gasteiger partial charge in [-0.25, -0.2) is 9.55 Å². The smallest absolute Gasteiger partial charge is 0.342 e. The average molecular weight is 181 g/mol. The molecule has 0 amide bonds. The van der Waals surface area contributed by atoms with Crippen molar-refractivity contribution in [2.24, 2.45) is 7.05 Å². The molecule has 1 heterocycles. The highest BCUT2D eigenvalue weighted by Gasteiger charge is 2.13. The maximum atomic E-state index is 10.4. The lowest BCUT2D eigenvalue weighted by Crippen LogP contribution is -1.98. The summed E-state index contributed by atoms with van der Waals surface area (Å²) in [5, 5.41) is 10.4. The van der Waals surface area contributed by atoms with Crippen molar-refractivity contribution in [1.29, 1.82) is 0 Å². The van der Waals surface area contributed by atoms with Crippen LogP contribution in [-0.4, -0.2) is 14.5 Å². The van der Waals surface area contributed by atoms with Crippen molar-refractivity contribution in [3.63, 3.8) is 0 Å². The Morgan fingerprint density at radius 2 is 2.31 bits per heavy atom. The van der Waals surface area contributed by atoms with Gasteiger partial charge in [0.2, 0.25) is 5.82 Å². The Bertz CT molecular complexity index is 361. The number of rotatable bonds is 2. The van der Waals surface area contributed by atoms with Crippen molar-refractivity contribution in [1.82, 2.24) is 9.55 Å². The first-order valence-corrected chi connectivity index (χ1v) is 3.83. The Morgan fingerprint density at radius 3 is 2.69 bits per heavy atom. The first-order valence-electron chi connectivity index (χ1n) is 3.83. The minimum absolute atomic E-state index is 0.00694. The van der Waals surface area contributed by atoms with Gasteiger partial charge in [0, 0.05) is 6.08 Å². The van der Waals surface area contributed by atoms with Crippen molar-refractivity contribution < 1.29 is 4.92 Å². The van der Waals surface area contributed by atoms with Crippen LogP contribution in [0.25, 0.3) is 6.08 Å². The van der Waals surface area contributed by atoms with Crippen molar-refractivity contribution >= 4 is 11.9 Å². The van der Waals surface area contributed by atoms with Crippen LogP contribution in [0, 0.1) is 10.1 Å². The molecule has 0 saturated carbocycles. The molecule has 13 heavy (non-hydrogen) atoms. The minimum atomic E-state index is -0.449. The van der Waals surface area contributed by atoms with Gasteiger partial charge in [-0.05, 0) is 18.8 Å². The van der Waals surface area contributed by atoms with E-state index in [2.05, 4.69) is 4.98 Å². The molecule has 0 radical (unpaired) electrons. The van der Waals surface area contributed by atoms with E-state index in [1.54, 1.807) is 13.1 Å². The topological polar surface area (TPSA) is 61.0 Å². The summed E-state index contributed by atoms with van der Waals surface area (Å²) in [6, 6.07) is 0. The van der Waals surface area contributed by atoms with Crippen LogP contribution in [0.3, 0.4) is 0 Å². The van der Waals surface area contributed by atoms with Crippen LogP contribution in [0.2, 0.25) is 0 Å². The fraction of sp³-hybridized carbons (Fsp3) is 0.375. The van der Waals surface area contributed by atoms with Gasteiger partial charge >= 0.3 is 5.82 Å². The lowest BCUT2D eigenvalue weighted by atomic mass is 10.3. The van der Waals surface area contributed by atoms with Gasteiger partial charge in [-0.3, -0.25) is 0 Å². The molecule has 1 aromatic heterocycles. The molecule has 0 saturated heterocycles. The van der Waals surface area contributed by atoms with E-state index in [0.717, 1.165) is 5.57 Å². The Hall–Kier alpha value is -1.65. The largest absolute Gasteiger partial charge is 0.358 e. The summed E-state index contributed by atoms with van der Waals surface area (Å²) in [6.07, 6.45) is 3.06. The Kier molecular flexibility index (Phi) is 2.46. The van der Waals surface area contributed by atoms with Gasteiger partial charge in [-0.2, -0.15) is 0 Å². The monoisotopic (exact) mass is 181 g/mol. The summed E-state index contributed by atoms with van der Waals surface area (Å²) in [5.41, 5.74) is 1.06. The molecule has 70 valence electrons. The van der Waals surface area contributed by atoms with E-state index >= 15 is 0 Å². The van der Waals surface area contributed by atoms with Gasteiger partial charge < -0.3 is 10.1 Å². The molecule has 0 fully saturated rings.